The molecule has 5 rings (SSSR count). The maximum absolute atomic E-state index is 10.3. The second-order valence-corrected chi connectivity index (χ2v) is 7.11. The largest absolute Gasteiger partial charge is 0.507 e. The number of phenols is 1. The summed E-state index contributed by atoms with van der Waals surface area (Å²) >= 11 is 0. The molecule has 0 spiro atoms. The van der Waals surface area contributed by atoms with Crippen molar-refractivity contribution in [3.63, 3.8) is 0 Å². The Morgan fingerprint density at radius 2 is 1.67 bits per heavy atom. The van der Waals surface area contributed by atoms with E-state index in [4.69, 9.17) is 9.72 Å². The van der Waals surface area contributed by atoms with Gasteiger partial charge in [0.15, 0.2) is 5.82 Å². The van der Waals surface area contributed by atoms with Gasteiger partial charge in [-0.15, -0.1) is 0 Å². The monoisotopic (exact) mass is 359 g/mol. The molecular formula is C22H21N3O2. The fraction of sp³-hybridized carbons (Fsp3) is 0.273. The SMILES string of the molecule is Oc1ccccc1-c1nc2c(c(N3CCCCC3)n1)Cc1ccccc1O2. The van der Waals surface area contributed by atoms with E-state index in [0.29, 0.717) is 17.3 Å². The number of hydrogen-bond acceptors (Lipinski definition) is 5. The highest BCUT2D eigenvalue weighted by Gasteiger charge is 2.27. The third-order valence-electron chi connectivity index (χ3n) is 5.29. The van der Waals surface area contributed by atoms with Gasteiger partial charge in [0.1, 0.15) is 17.3 Å². The summed E-state index contributed by atoms with van der Waals surface area (Å²) in [5.41, 5.74) is 2.82. The molecule has 1 saturated heterocycles. The molecule has 1 fully saturated rings. The van der Waals surface area contributed by atoms with E-state index in [1.807, 2.05) is 30.3 Å². The lowest BCUT2D eigenvalue weighted by Crippen LogP contribution is -2.32. The number of ether oxygens (including phenoxy) is 1. The van der Waals surface area contributed by atoms with Gasteiger partial charge in [-0.3, -0.25) is 0 Å². The van der Waals surface area contributed by atoms with Crippen LogP contribution in [0.3, 0.4) is 0 Å². The van der Waals surface area contributed by atoms with E-state index >= 15 is 0 Å². The van der Waals surface area contributed by atoms with Gasteiger partial charge in [-0.2, -0.15) is 4.98 Å². The molecule has 136 valence electrons. The summed E-state index contributed by atoms with van der Waals surface area (Å²) in [4.78, 5) is 11.9. The molecule has 0 saturated carbocycles. The summed E-state index contributed by atoms with van der Waals surface area (Å²) in [6, 6.07) is 15.3. The van der Waals surface area contributed by atoms with Crippen LogP contribution in [0.2, 0.25) is 0 Å². The number of anilines is 1. The lowest BCUT2D eigenvalue weighted by Gasteiger charge is -2.31. The third-order valence-corrected chi connectivity index (χ3v) is 5.29. The standard InChI is InChI=1S/C22H21N3O2/c26-18-10-4-3-9-16(18)20-23-21(25-12-6-1-7-13-25)17-14-15-8-2-5-11-19(15)27-22(17)24-20/h2-5,8-11,26H,1,6-7,12-14H2. The van der Waals surface area contributed by atoms with Crippen LogP contribution >= 0.6 is 0 Å². The zero-order chi connectivity index (χ0) is 18.2. The van der Waals surface area contributed by atoms with Crippen LogP contribution in [0.15, 0.2) is 48.5 Å². The number of aromatic nitrogens is 2. The van der Waals surface area contributed by atoms with Crippen molar-refractivity contribution in [1.29, 1.82) is 0 Å². The van der Waals surface area contributed by atoms with Gasteiger partial charge in [0.25, 0.3) is 0 Å². The first-order chi connectivity index (χ1) is 13.3. The minimum absolute atomic E-state index is 0.179. The molecule has 2 aromatic carbocycles. The van der Waals surface area contributed by atoms with E-state index in [-0.39, 0.29) is 5.75 Å². The molecule has 0 radical (unpaired) electrons. The van der Waals surface area contributed by atoms with Crippen LogP contribution in [0.5, 0.6) is 17.4 Å². The molecule has 2 aliphatic heterocycles. The van der Waals surface area contributed by atoms with E-state index in [9.17, 15) is 5.11 Å². The summed E-state index contributed by atoms with van der Waals surface area (Å²) < 4.78 is 6.15. The normalized spacial score (nSPS) is 15.6. The quantitative estimate of drug-likeness (QED) is 0.569. The molecular weight excluding hydrogens is 338 g/mol. The Kier molecular flexibility index (Phi) is 3.93. The van der Waals surface area contributed by atoms with Gasteiger partial charge in [-0.25, -0.2) is 4.98 Å². The average molecular weight is 359 g/mol. The van der Waals surface area contributed by atoms with Crippen molar-refractivity contribution in [3.8, 4) is 28.8 Å². The number of piperidine rings is 1. The van der Waals surface area contributed by atoms with Gasteiger partial charge in [0.05, 0.1) is 11.1 Å². The van der Waals surface area contributed by atoms with Crippen LogP contribution in [0.25, 0.3) is 11.4 Å². The second-order valence-electron chi connectivity index (χ2n) is 7.11. The Hall–Kier alpha value is -3.08. The first kappa shape index (κ1) is 16.1. The number of fused-ring (bicyclic) bond motifs is 2. The van der Waals surface area contributed by atoms with Crippen molar-refractivity contribution in [2.45, 2.75) is 25.7 Å². The molecule has 0 unspecified atom stereocenters. The number of nitrogens with zero attached hydrogens (tertiary/aromatic N) is 3. The second kappa shape index (κ2) is 6.58. The fourth-order valence-electron chi connectivity index (χ4n) is 3.89. The summed E-state index contributed by atoms with van der Waals surface area (Å²) in [7, 11) is 0. The maximum atomic E-state index is 10.3. The predicted molar refractivity (Wildman–Crippen MR) is 105 cm³/mol. The molecule has 3 aromatic rings. The Bertz CT molecular complexity index is 997. The number of para-hydroxylation sites is 2. The molecule has 3 heterocycles. The predicted octanol–water partition coefficient (Wildman–Crippen LogP) is 4.54. The van der Waals surface area contributed by atoms with E-state index in [2.05, 4.69) is 16.0 Å². The molecule has 1 N–H and O–H groups in total. The van der Waals surface area contributed by atoms with Crippen molar-refractivity contribution in [3.05, 3.63) is 59.7 Å². The molecule has 0 aliphatic carbocycles. The van der Waals surface area contributed by atoms with E-state index < -0.39 is 0 Å². The van der Waals surface area contributed by atoms with Gasteiger partial charge in [0, 0.05) is 19.5 Å². The smallest absolute Gasteiger partial charge is 0.228 e. The van der Waals surface area contributed by atoms with Crippen molar-refractivity contribution in [2.75, 3.05) is 18.0 Å². The molecule has 27 heavy (non-hydrogen) atoms. The molecule has 1 aromatic heterocycles. The summed E-state index contributed by atoms with van der Waals surface area (Å²) in [5, 5.41) is 10.3. The van der Waals surface area contributed by atoms with Gasteiger partial charge < -0.3 is 14.7 Å². The summed E-state index contributed by atoms with van der Waals surface area (Å²) in [6.07, 6.45) is 4.36. The highest BCUT2D eigenvalue weighted by Crippen LogP contribution is 2.41. The first-order valence-electron chi connectivity index (χ1n) is 9.49. The number of rotatable bonds is 2. The van der Waals surface area contributed by atoms with Crippen LogP contribution in [-0.2, 0) is 6.42 Å². The Balaban J connectivity index is 1.67. The van der Waals surface area contributed by atoms with Crippen LogP contribution in [0.1, 0.15) is 30.4 Å². The van der Waals surface area contributed by atoms with Gasteiger partial charge >= 0.3 is 0 Å². The van der Waals surface area contributed by atoms with E-state index in [1.54, 1.807) is 12.1 Å². The Labute approximate surface area is 158 Å². The highest BCUT2D eigenvalue weighted by molar-refractivity contribution is 5.68. The lowest BCUT2D eigenvalue weighted by atomic mass is 10.0. The van der Waals surface area contributed by atoms with Crippen molar-refractivity contribution >= 4 is 5.82 Å². The van der Waals surface area contributed by atoms with Crippen molar-refractivity contribution < 1.29 is 9.84 Å². The van der Waals surface area contributed by atoms with Crippen LogP contribution in [-0.4, -0.2) is 28.2 Å². The zero-order valence-corrected chi connectivity index (χ0v) is 15.1. The van der Waals surface area contributed by atoms with Crippen molar-refractivity contribution in [1.82, 2.24) is 9.97 Å². The summed E-state index contributed by atoms with van der Waals surface area (Å²) in [6.45, 7) is 1.98. The van der Waals surface area contributed by atoms with Crippen LogP contribution in [0.4, 0.5) is 5.82 Å². The molecule has 5 nitrogen and oxygen atoms in total. The molecule has 0 atom stereocenters. The van der Waals surface area contributed by atoms with E-state index in [0.717, 1.165) is 42.2 Å². The number of phenolic OH excluding ortho intramolecular Hbond substituents is 1. The van der Waals surface area contributed by atoms with Crippen LogP contribution in [0, 0.1) is 0 Å². The molecule has 0 bridgehead atoms. The Morgan fingerprint density at radius 1 is 0.889 bits per heavy atom. The fourth-order valence-corrected chi connectivity index (χ4v) is 3.89. The lowest BCUT2D eigenvalue weighted by molar-refractivity contribution is 0.438. The average Bonchev–Trinajstić information content (AvgIpc) is 2.72. The third kappa shape index (κ3) is 2.89. The number of benzene rings is 2. The highest BCUT2D eigenvalue weighted by atomic mass is 16.5. The minimum Gasteiger partial charge on any atom is -0.507 e. The van der Waals surface area contributed by atoms with Gasteiger partial charge in [-0.05, 0) is 43.0 Å². The maximum Gasteiger partial charge on any atom is 0.228 e. The van der Waals surface area contributed by atoms with Crippen molar-refractivity contribution in [2.24, 2.45) is 0 Å². The first-order valence-corrected chi connectivity index (χ1v) is 9.49. The summed E-state index contributed by atoms with van der Waals surface area (Å²) in [5.74, 6) is 3.07. The Morgan fingerprint density at radius 3 is 2.52 bits per heavy atom. The van der Waals surface area contributed by atoms with E-state index in [1.165, 1.54) is 19.3 Å². The zero-order valence-electron chi connectivity index (χ0n) is 15.1. The topological polar surface area (TPSA) is 58.5 Å². The number of aromatic hydroxyl groups is 1. The minimum atomic E-state index is 0.179. The number of hydrogen-bond donors (Lipinski definition) is 1. The molecule has 5 heteroatoms. The van der Waals surface area contributed by atoms with Crippen LogP contribution < -0.4 is 9.64 Å². The van der Waals surface area contributed by atoms with Gasteiger partial charge in [0.2, 0.25) is 5.88 Å². The molecule has 2 aliphatic rings. The molecule has 0 amide bonds. The van der Waals surface area contributed by atoms with Gasteiger partial charge in [-0.1, -0.05) is 30.3 Å².